The molecule has 0 radical (unpaired) electrons. The van der Waals surface area contributed by atoms with Crippen molar-refractivity contribution >= 4 is 11.7 Å². The van der Waals surface area contributed by atoms with Crippen LogP contribution in [0.3, 0.4) is 0 Å². The summed E-state index contributed by atoms with van der Waals surface area (Å²) in [6, 6.07) is 3.17. The largest absolute Gasteiger partial charge is 0.493 e. The monoisotopic (exact) mass is 294 g/mol. The summed E-state index contributed by atoms with van der Waals surface area (Å²) in [4.78, 5) is 10.4. The molecule has 0 bridgehead atoms. The van der Waals surface area contributed by atoms with Gasteiger partial charge in [-0.25, -0.2) is 4.39 Å². The number of hydrazone groups is 1. The second-order valence-electron chi connectivity index (χ2n) is 4.92. The van der Waals surface area contributed by atoms with Crippen LogP contribution in [0.4, 0.5) is 4.39 Å². The summed E-state index contributed by atoms with van der Waals surface area (Å²) < 4.78 is 19.7. The lowest BCUT2D eigenvalue weighted by Gasteiger charge is -2.19. The molecule has 0 unspecified atom stereocenters. The Hall–Kier alpha value is -2.11. The molecular weight excluding hydrogens is 275 g/mol. The number of rotatable bonds is 6. The average Bonchev–Trinajstić information content (AvgIpc) is 2.43. The van der Waals surface area contributed by atoms with Crippen LogP contribution in [0.5, 0.6) is 5.75 Å². The van der Waals surface area contributed by atoms with Crippen molar-refractivity contribution in [3.63, 3.8) is 0 Å². The fraction of sp³-hybridized carbons (Fsp3) is 0.467. The van der Waals surface area contributed by atoms with Crippen molar-refractivity contribution in [2.45, 2.75) is 32.1 Å². The number of carbonyl (C=O) groups is 1. The number of aliphatic carboxylic acids is 1. The van der Waals surface area contributed by atoms with E-state index in [9.17, 15) is 9.18 Å². The van der Waals surface area contributed by atoms with E-state index < -0.39 is 5.97 Å². The summed E-state index contributed by atoms with van der Waals surface area (Å²) in [5.74, 6) is -0.750. The second kappa shape index (κ2) is 7.06. The third-order valence-electron chi connectivity index (χ3n) is 3.34. The van der Waals surface area contributed by atoms with E-state index in [1.807, 2.05) is 6.07 Å². The second-order valence-corrected chi connectivity index (χ2v) is 4.92. The SMILES string of the molecule is CN/N=C1\CCCc2cc(OCCCC(=O)O)cc(F)c21. The fourth-order valence-electron chi connectivity index (χ4n) is 2.47. The lowest BCUT2D eigenvalue weighted by molar-refractivity contribution is -0.137. The molecule has 1 aliphatic carbocycles. The molecule has 2 rings (SSSR count). The van der Waals surface area contributed by atoms with Gasteiger partial charge in [-0.1, -0.05) is 0 Å². The minimum Gasteiger partial charge on any atom is -0.493 e. The normalized spacial score (nSPS) is 15.6. The number of nitrogens with one attached hydrogen (secondary N) is 1. The average molecular weight is 294 g/mol. The van der Waals surface area contributed by atoms with E-state index in [1.54, 1.807) is 7.05 Å². The molecule has 0 fully saturated rings. The highest BCUT2D eigenvalue weighted by molar-refractivity contribution is 6.03. The number of fused-ring (bicyclic) bond motifs is 1. The summed E-state index contributed by atoms with van der Waals surface area (Å²) >= 11 is 0. The van der Waals surface area contributed by atoms with E-state index in [0.29, 0.717) is 17.7 Å². The van der Waals surface area contributed by atoms with Gasteiger partial charge < -0.3 is 15.3 Å². The molecule has 2 N–H and O–H groups in total. The van der Waals surface area contributed by atoms with Gasteiger partial charge in [0.25, 0.3) is 0 Å². The van der Waals surface area contributed by atoms with Crippen LogP contribution in [-0.2, 0) is 11.2 Å². The van der Waals surface area contributed by atoms with Crippen LogP contribution in [0, 0.1) is 5.82 Å². The van der Waals surface area contributed by atoms with Gasteiger partial charge in [-0.05, 0) is 37.3 Å². The topological polar surface area (TPSA) is 70.9 Å². The van der Waals surface area contributed by atoms with Gasteiger partial charge >= 0.3 is 5.97 Å². The van der Waals surface area contributed by atoms with E-state index in [0.717, 1.165) is 30.5 Å². The molecule has 1 aliphatic rings. The summed E-state index contributed by atoms with van der Waals surface area (Å²) in [5, 5.41) is 12.7. The van der Waals surface area contributed by atoms with Crippen molar-refractivity contribution in [1.29, 1.82) is 0 Å². The van der Waals surface area contributed by atoms with Crippen molar-refractivity contribution in [2.24, 2.45) is 5.10 Å². The van der Waals surface area contributed by atoms with Crippen LogP contribution in [0.2, 0.25) is 0 Å². The Kier molecular flexibility index (Phi) is 5.14. The first kappa shape index (κ1) is 15.3. The van der Waals surface area contributed by atoms with Gasteiger partial charge in [0.05, 0.1) is 12.3 Å². The Labute approximate surface area is 122 Å². The predicted octanol–water partition coefficient (Wildman–Crippen LogP) is 2.33. The molecule has 0 saturated heterocycles. The van der Waals surface area contributed by atoms with Crippen LogP contribution in [0.25, 0.3) is 0 Å². The Morgan fingerprint density at radius 2 is 2.29 bits per heavy atom. The van der Waals surface area contributed by atoms with Crippen LogP contribution in [0.1, 0.15) is 36.8 Å². The Bertz CT molecular complexity index is 558. The molecule has 6 heteroatoms. The van der Waals surface area contributed by atoms with E-state index in [4.69, 9.17) is 9.84 Å². The zero-order chi connectivity index (χ0) is 15.2. The fourth-order valence-corrected chi connectivity index (χ4v) is 2.47. The highest BCUT2D eigenvalue weighted by atomic mass is 19.1. The molecule has 21 heavy (non-hydrogen) atoms. The Morgan fingerprint density at radius 1 is 1.48 bits per heavy atom. The molecule has 0 spiro atoms. The zero-order valence-corrected chi connectivity index (χ0v) is 12.0. The van der Waals surface area contributed by atoms with Crippen molar-refractivity contribution in [3.8, 4) is 5.75 Å². The molecule has 5 nitrogen and oxygen atoms in total. The standard InChI is InChI=1S/C15H19FN2O3/c1-17-18-13-5-2-4-10-8-11(9-12(16)15(10)13)21-7-3-6-14(19)20/h8-9,17H,2-7H2,1H3,(H,19,20)/b18-13+. The Balaban J connectivity index is 2.11. The number of nitrogens with zero attached hydrogens (tertiary/aromatic N) is 1. The molecule has 0 aromatic heterocycles. The molecule has 0 saturated carbocycles. The lowest BCUT2D eigenvalue weighted by atomic mass is 9.89. The lowest BCUT2D eigenvalue weighted by Crippen LogP contribution is -2.17. The first-order valence-electron chi connectivity index (χ1n) is 7.02. The molecule has 0 atom stereocenters. The minimum atomic E-state index is -0.858. The molecular formula is C15H19FN2O3. The van der Waals surface area contributed by atoms with Crippen LogP contribution in [-0.4, -0.2) is 30.4 Å². The number of benzene rings is 1. The smallest absolute Gasteiger partial charge is 0.303 e. The number of aryl methyl sites for hydroxylation is 1. The van der Waals surface area contributed by atoms with Crippen LogP contribution >= 0.6 is 0 Å². The molecule has 0 aliphatic heterocycles. The Morgan fingerprint density at radius 3 is 3.00 bits per heavy atom. The van der Waals surface area contributed by atoms with Crippen LogP contribution < -0.4 is 10.2 Å². The number of halogens is 1. The quantitative estimate of drug-likeness (QED) is 0.624. The van der Waals surface area contributed by atoms with Gasteiger partial charge in [0.1, 0.15) is 11.6 Å². The third-order valence-corrected chi connectivity index (χ3v) is 3.34. The van der Waals surface area contributed by atoms with E-state index >= 15 is 0 Å². The van der Waals surface area contributed by atoms with Crippen molar-refractivity contribution in [2.75, 3.05) is 13.7 Å². The summed E-state index contributed by atoms with van der Waals surface area (Å²) in [6.45, 7) is 0.266. The van der Waals surface area contributed by atoms with E-state index in [1.165, 1.54) is 6.07 Å². The minimum absolute atomic E-state index is 0.0480. The number of hydrogen-bond acceptors (Lipinski definition) is 4. The molecule has 0 amide bonds. The highest BCUT2D eigenvalue weighted by Gasteiger charge is 2.21. The van der Waals surface area contributed by atoms with Gasteiger partial charge in [0.15, 0.2) is 0 Å². The van der Waals surface area contributed by atoms with Crippen LogP contribution in [0.15, 0.2) is 17.2 Å². The number of ether oxygens (including phenoxy) is 1. The molecule has 0 heterocycles. The van der Waals surface area contributed by atoms with Gasteiger partial charge in [0.2, 0.25) is 0 Å². The number of carboxylic acids is 1. The first-order chi connectivity index (χ1) is 10.1. The van der Waals surface area contributed by atoms with Gasteiger partial charge in [-0.15, -0.1) is 0 Å². The maximum absolute atomic E-state index is 14.3. The third kappa shape index (κ3) is 3.93. The van der Waals surface area contributed by atoms with Gasteiger partial charge in [-0.2, -0.15) is 5.10 Å². The molecule has 1 aromatic rings. The highest BCUT2D eigenvalue weighted by Crippen LogP contribution is 2.28. The van der Waals surface area contributed by atoms with E-state index in [-0.39, 0.29) is 18.8 Å². The number of hydrogen-bond donors (Lipinski definition) is 2. The van der Waals surface area contributed by atoms with Gasteiger partial charge in [0, 0.05) is 25.1 Å². The molecule has 1 aromatic carbocycles. The summed E-state index contributed by atoms with van der Waals surface area (Å²) in [7, 11) is 1.69. The molecule has 114 valence electrons. The van der Waals surface area contributed by atoms with Crippen molar-refractivity contribution in [3.05, 3.63) is 29.1 Å². The maximum atomic E-state index is 14.3. The summed E-state index contributed by atoms with van der Waals surface area (Å²) in [5.41, 5.74) is 4.89. The summed E-state index contributed by atoms with van der Waals surface area (Å²) in [6.07, 6.45) is 2.92. The maximum Gasteiger partial charge on any atom is 0.303 e. The van der Waals surface area contributed by atoms with E-state index in [2.05, 4.69) is 10.5 Å². The van der Waals surface area contributed by atoms with Crippen molar-refractivity contribution < 1.29 is 19.0 Å². The number of carboxylic acid groups (broad SMARTS) is 1. The first-order valence-corrected chi connectivity index (χ1v) is 7.02. The predicted molar refractivity (Wildman–Crippen MR) is 77.3 cm³/mol. The van der Waals surface area contributed by atoms with Gasteiger partial charge in [-0.3, -0.25) is 4.79 Å². The van der Waals surface area contributed by atoms with Crippen molar-refractivity contribution in [1.82, 2.24) is 5.43 Å². The zero-order valence-electron chi connectivity index (χ0n) is 12.0.